The van der Waals surface area contributed by atoms with Crippen LogP contribution in [0.5, 0.6) is 0 Å². The highest BCUT2D eigenvalue weighted by Crippen LogP contribution is 2.15. The molecule has 0 amide bonds. The number of rotatable bonds is 5. The predicted molar refractivity (Wildman–Crippen MR) is 107 cm³/mol. The highest BCUT2D eigenvalue weighted by molar-refractivity contribution is 14.0. The van der Waals surface area contributed by atoms with E-state index in [1.54, 1.807) is 0 Å². The maximum atomic E-state index is 4.25. The Hall–Kier alpha value is -1.30. The summed E-state index contributed by atoms with van der Waals surface area (Å²) in [5, 5.41) is 9.34. The highest BCUT2D eigenvalue weighted by atomic mass is 127. The molecule has 4 heteroatoms. The van der Waals surface area contributed by atoms with Gasteiger partial charge in [0.2, 0.25) is 0 Å². The summed E-state index contributed by atoms with van der Waals surface area (Å²) in [5.74, 6) is 0.880. The maximum Gasteiger partial charge on any atom is 0.191 e. The van der Waals surface area contributed by atoms with Gasteiger partial charge < -0.3 is 10.6 Å². The molecule has 0 fully saturated rings. The van der Waals surface area contributed by atoms with Crippen molar-refractivity contribution in [3.8, 4) is 0 Å². The number of hydrogen-bond acceptors (Lipinski definition) is 1. The average Bonchev–Trinajstić information content (AvgIpc) is 2.53. The molecule has 2 rings (SSSR count). The second-order valence-electron chi connectivity index (χ2n) is 5.38. The summed E-state index contributed by atoms with van der Waals surface area (Å²) in [5.41, 5.74) is 1.35. The van der Waals surface area contributed by atoms with Crippen LogP contribution in [0.3, 0.4) is 0 Å². The van der Waals surface area contributed by atoms with E-state index in [1.807, 2.05) is 7.05 Å². The van der Waals surface area contributed by atoms with Gasteiger partial charge in [-0.3, -0.25) is 4.99 Å². The topological polar surface area (TPSA) is 36.4 Å². The first-order chi connectivity index (χ1) is 10.2. The smallest absolute Gasteiger partial charge is 0.191 e. The van der Waals surface area contributed by atoms with Gasteiger partial charge in [-0.2, -0.15) is 0 Å². The summed E-state index contributed by atoms with van der Waals surface area (Å²) in [7, 11) is 1.81. The molecule has 0 saturated heterocycles. The minimum atomic E-state index is 0. The van der Waals surface area contributed by atoms with E-state index in [4.69, 9.17) is 0 Å². The van der Waals surface area contributed by atoms with Gasteiger partial charge in [-0.25, -0.2) is 0 Å². The van der Waals surface area contributed by atoms with Crippen molar-refractivity contribution >= 4 is 40.7 Å². The molecule has 0 aromatic heterocycles. The third-order valence-corrected chi connectivity index (χ3v) is 3.74. The molecule has 0 heterocycles. The largest absolute Gasteiger partial charge is 0.356 e. The minimum absolute atomic E-state index is 0. The number of guanidine groups is 1. The number of benzene rings is 2. The van der Waals surface area contributed by atoms with Gasteiger partial charge in [0.25, 0.3) is 0 Å². The molecule has 1 unspecified atom stereocenters. The van der Waals surface area contributed by atoms with Crippen LogP contribution in [0.4, 0.5) is 0 Å². The molecule has 0 saturated carbocycles. The monoisotopic (exact) mass is 411 g/mol. The molecular weight excluding hydrogens is 385 g/mol. The second kappa shape index (κ2) is 9.66. The van der Waals surface area contributed by atoms with E-state index in [0.717, 1.165) is 25.3 Å². The molecule has 0 aliphatic carbocycles. The maximum absolute atomic E-state index is 4.25. The number of fused-ring (bicyclic) bond motifs is 1. The van der Waals surface area contributed by atoms with Crippen molar-refractivity contribution < 1.29 is 0 Å². The van der Waals surface area contributed by atoms with Gasteiger partial charge in [-0.1, -0.05) is 49.4 Å². The molecule has 2 aromatic rings. The molecule has 22 heavy (non-hydrogen) atoms. The third-order valence-electron chi connectivity index (χ3n) is 3.74. The standard InChI is InChI=1S/C18H25N3.HI/c1-4-14(2)21-18(19-3)20-12-11-15-9-10-16-7-5-6-8-17(16)13-15;/h5-10,13-14H,4,11-12H2,1-3H3,(H2,19,20,21);1H. The zero-order chi connectivity index (χ0) is 15.1. The molecule has 2 N–H and O–H groups in total. The van der Waals surface area contributed by atoms with Gasteiger partial charge >= 0.3 is 0 Å². The molecule has 0 aliphatic heterocycles. The minimum Gasteiger partial charge on any atom is -0.356 e. The van der Waals surface area contributed by atoms with Gasteiger partial charge in [-0.15, -0.1) is 24.0 Å². The van der Waals surface area contributed by atoms with E-state index in [2.05, 4.69) is 71.9 Å². The summed E-state index contributed by atoms with van der Waals surface area (Å²) in [4.78, 5) is 4.25. The fourth-order valence-electron chi connectivity index (χ4n) is 2.25. The fraction of sp³-hybridized carbons (Fsp3) is 0.389. The Labute approximate surface area is 150 Å². The normalized spacial score (nSPS) is 12.6. The Morgan fingerprint density at radius 3 is 2.55 bits per heavy atom. The van der Waals surface area contributed by atoms with E-state index in [0.29, 0.717) is 6.04 Å². The van der Waals surface area contributed by atoms with Gasteiger partial charge in [0.1, 0.15) is 0 Å². The van der Waals surface area contributed by atoms with Crippen LogP contribution in [0.25, 0.3) is 10.8 Å². The first kappa shape index (κ1) is 18.7. The number of nitrogens with zero attached hydrogens (tertiary/aromatic N) is 1. The molecule has 120 valence electrons. The molecule has 0 radical (unpaired) electrons. The highest BCUT2D eigenvalue weighted by Gasteiger charge is 2.02. The van der Waals surface area contributed by atoms with E-state index < -0.39 is 0 Å². The quantitative estimate of drug-likeness (QED) is 0.444. The van der Waals surface area contributed by atoms with Crippen molar-refractivity contribution in [3.05, 3.63) is 48.0 Å². The summed E-state index contributed by atoms with van der Waals surface area (Å²) in [6, 6.07) is 15.6. The summed E-state index contributed by atoms with van der Waals surface area (Å²) >= 11 is 0. The van der Waals surface area contributed by atoms with Crippen molar-refractivity contribution in [2.24, 2.45) is 4.99 Å². The van der Waals surface area contributed by atoms with Gasteiger partial charge in [0.05, 0.1) is 0 Å². The van der Waals surface area contributed by atoms with E-state index in [1.165, 1.54) is 16.3 Å². The zero-order valence-corrected chi connectivity index (χ0v) is 15.9. The lowest BCUT2D eigenvalue weighted by Crippen LogP contribution is -2.42. The number of nitrogens with one attached hydrogen (secondary N) is 2. The summed E-state index contributed by atoms with van der Waals surface area (Å²) < 4.78 is 0. The van der Waals surface area contributed by atoms with Crippen molar-refractivity contribution in [1.29, 1.82) is 0 Å². The van der Waals surface area contributed by atoms with Crippen molar-refractivity contribution in [2.45, 2.75) is 32.7 Å². The number of halogens is 1. The Balaban J connectivity index is 0.00000242. The molecular formula is C18H26IN3. The third kappa shape index (κ3) is 5.48. The van der Waals surface area contributed by atoms with Crippen LogP contribution in [0, 0.1) is 0 Å². The molecule has 2 aromatic carbocycles. The first-order valence-electron chi connectivity index (χ1n) is 7.67. The van der Waals surface area contributed by atoms with Crippen LogP contribution in [0.1, 0.15) is 25.8 Å². The van der Waals surface area contributed by atoms with E-state index in [-0.39, 0.29) is 24.0 Å². The van der Waals surface area contributed by atoms with Gasteiger partial charge in [-0.05, 0) is 36.1 Å². The SMILES string of the molecule is CCC(C)NC(=NC)NCCc1ccc2ccccc2c1.I. The molecule has 3 nitrogen and oxygen atoms in total. The van der Waals surface area contributed by atoms with Crippen LogP contribution in [0.15, 0.2) is 47.5 Å². The van der Waals surface area contributed by atoms with Crippen LogP contribution in [-0.2, 0) is 6.42 Å². The van der Waals surface area contributed by atoms with Crippen molar-refractivity contribution in [2.75, 3.05) is 13.6 Å². The van der Waals surface area contributed by atoms with Crippen molar-refractivity contribution in [1.82, 2.24) is 10.6 Å². The number of aliphatic imine (C=N–C) groups is 1. The fourth-order valence-corrected chi connectivity index (χ4v) is 2.25. The predicted octanol–water partition coefficient (Wildman–Crippen LogP) is 3.96. The summed E-state index contributed by atoms with van der Waals surface area (Å²) in [6.07, 6.45) is 2.08. The Morgan fingerprint density at radius 2 is 1.86 bits per heavy atom. The van der Waals surface area contributed by atoms with Crippen LogP contribution in [0.2, 0.25) is 0 Å². The number of hydrogen-bond donors (Lipinski definition) is 2. The second-order valence-corrected chi connectivity index (χ2v) is 5.38. The lowest BCUT2D eigenvalue weighted by molar-refractivity contribution is 0.624. The van der Waals surface area contributed by atoms with E-state index in [9.17, 15) is 0 Å². The zero-order valence-electron chi connectivity index (χ0n) is 13.6. The average molecular weight is 411 g/mol. The summed E-state index contributed by atoms with van der Waals surface area (Å²) in [6.45, 7) is 5.21. The van der Waals surface area contributed by atoms with Gasteiger partial charge in [0.15, 0.2) is 5.96 Å². The molecule has 0 aliphatic rings. The van der Waals surface area contributed by atoms with Crippen LogP contribution in [-0.4, -0.2) is 25.6 Å². The Morgan fingerprint density at radius 1 is 1.14 bits per heavy atom. The molecule has 0 bridgehead atoms. The van der Waals surface area contributed by atoms with Crippen LogP contribution < -0.4 is 10.6 Å². The Bertz CT molecular complexity index is 610. The van der Waals surface area contributed by atoms with E-state index >= 15 is 0 Å². The molecule has 0 spiro atoms. The lowest BCUT2D eigenvalue weighted by Gasteiger charge is -2.16. The first-order valence-corrected chi connectivity index (χ1v) is 7.67. The van der Waals surface area contributed by atoms with Crippen LogP contribution >= 0.6 is 24.0 Å². The van der Waals surface area contributed by atoms with Crippen molar-refractivity contribution in [3.63, 3.8) is 0 Å². The Kier molecular flexibility index (Phi) is 8.24. The lowest BCUT2D eigenvalue weighted by atomic mass is 10.1. The molecule has 1 atom stereocenters. The van der Waals surface area contributed by atoms with Gasteiger partial charge in [0, 0.05) is 19.6 Å².